The molecule has 0 atom stereocenters. The van der Waals surface area contributed by atoms with E-state index < -0.39 is 5.97 Å². The summed E-state index contributed by atoms with van der Waals surface area (Å²) in [6, 6.07) is 4.31. The molecular weight excluding hydrogens is 272 g/mol. The van der Waals surface area contributed by atoms with E-state index in [1.807, 2.05) is 6.92 Å². The van der Waals surface area contributed by atoms with Gasteiger partial charge in [-0.1, -0.05) is 41.5 Å². The monoisotopic (exact) mass is 298 g/mol. The van der Waals surface area contributed by atoms with Gasteiger partial charge in [-0.05, 0) is 69.7 Å². The summed E-state index contributed by atoms with van der Waals surface area (Å²) in [5.74, 6) is -0.872. The Balaban J connectivity index is 2.72. The average molecular weight is 298 g/mol. The summed E-state index contributed by atoms with van der Waals surface area (Å²) in [5, 5.41) is 8.67. The number of carboxylic acid groups (broad SMARTS) is 1. The zero-order valence-electron chi connectivity index (χ0n) is 14.2. The number of rotatable bonds is 6. The van der Waals surface area contributed by atoms with E-state index >= 15 is 0 Å². The molecule has 0 bridgehead atoms. The largest absolute Gasteiger partial charge is 0.478 e. The summed E-state index contributed by atoms with van der Waals surface area (Å²) < 4.78 is 0. The molecule has 1 rings (SSSR count). The van der Waals surface area contributed by atoms with Crippen LogP contribution in [-0.2, 0) is 4.79 Å². The van der Waals surface area contributed by atoms with Crippen LogP contribution in [0.3, 0.4) is 0 Å². The highest BCUT2D eigenvalue weighted by molar-refractivity contribution is 5.80. The Hall–Kier alpha value is -2.09. The molecule has 2 nitrogen and oxygen atoms in total. The van der Waals surface area contributed by atoms with Crippen LogP contribution in [0.2, 0.25) is 0 Å². The van der Waals surface area contributed by atoms with Crippen LogP contribution in [0.4, 0.5) is 0 Å². The van der Waals surface area contributed by atoms with Crippen molar-refractivity contribution in [2.45, 2.75) is 47.5 Å². The van der Waals surface area contributed by atoms with Crippen molar-refractivity contribution in [3.63, 3.8) is 0 Å². The van der Waals surface area contributed by atoms with Gasteiger partial charge >= 0.3 is 5.97 Å². The molecule has 0 aliphatic heterocycles. The molecule has 1 N–H and O–H groups in total. The van der Waals surface area contributed by atoms with Crippen molar-refractivity contribution in [3.8, 4) is 0 Å². The zero-order valence-corrected chi connectivity index (χ0v) is 14.2. The van der Waals surface area contributed by atoms with Crippen LogP contribution in [0.1, 0.15) is 48.9 Å². The number of aryl methyl sites for hydroxylation is 2. The lowest BCUT2D eigenvalue weighted by atomic mass is 9.97. The lowest BCUT2D eigenvalue weighted by Gasteiger charge is -2.08. The van der Waals surface area contributed by atoms with Crippen molar-refractivity contribution in [3.05, 3.63) is 63.8 Å². The van der Waals surface area contributed by atoms with Crippen molar-refractivity contribution in [1.29, 1.82) is 0 Å². The smallest absolute Gasteiger partial charge is 0.328 e. The van der Waals surface area contributed by atoms with E-state index in [0.717, 1.165) is 18.4 Å². The molecule has 0 unspecified atom stereocenters. The third kappa shape index (κ3) is 5.72. The quantitative estimate of drug-likeness (QED) is 0.565. The summed E-state index contributed by atoms with van der Waals surface area (Å²) in [7, 11) is 0. The van der Waals surface area contributed by atoms with Crippen molar-refractivity contribution in [2.24, 2.45) is 0 Å². The van der Waals surface area contributed by atoms with Gasteiger partial charge in [0.05, 0.1) is 0 Å². The van der Waals surface area contributed by atoms with Gasteiger partial charge in [0.1, 0.15) is 0 Å². The van der Waals surface area contributed by atoms with Gasteiger partial charge < -0.3 is 5.11 Å². The van der Waals surface area contributed by atoms with E-state index in [2.05, 4.69) is 58.1 Å². The first-order valence-electron chi connectivity index (χ1n) is 7.63. The molecule has 118 valence electrons. The summed E-state index contributed by atoms with van der Waals surface area (Å²) in [5.41, 5.74) is 7.29. The van der Waals surface area contributed by atoms with Gasteiger partial charge in [0, 0.05) is 6.08 Å². The van der Waals surface area contributed by atoms with E-state index in [1.165, 1.54) is 33.9 Å². The molecule has 0 aliphatic carbocycles. The fraction of sp³-hybridized carbons (Fsp3) is 0.350. The highest BCUT2D eigenvalue weighted by Crippen LogP contribution is 2.20. The van der Waals surface area contributed by atoms with Crippen LogP contribution >= 0.6 is 0 Å². The van der Waals surface area contributed by atoms with Crippen LogP contribution < -0.4 is 0 Å². The van der Waals surface area contributed by atoms with Gasteiger partial charge in [0.25, 0.3) is 0 Å². The van der Waals surface area contributed by atoms with Crippen molar-refractivity contribution in [1.82, 2.24) is 0 Å². The molecule has 1 aromatic carbocycles. The first-order chi connectivity index (χ1) is 10.3. The van der Waals surface area contributed by atoms with Crippen LogP contribution in [0.25, 0.3) is 6.08 Å². The van der Waals surface area contributed by atoms with Gasteiger partial charge in [0.2, 0.25) is 0 Å². The van der Waals surface area contributed by atoms with Gasteiger partial charge in [-0.25, -0.2) is 4.79 Å². The Morgan fingerprint density at radius 1 is 1.14 bits per heavy atom. The summed E-state index contributed by atoms with van der Waals surface area (Å²) >= 11 is 0. The highest BCUT2D eigenvalue weighted by Gasteiger charge is 2.01. The molecule has 0 radical (unpaired) electrons. The highest BCUT2D eigenvalue weighted by atomic mass is 16.4. The SMILES string of the molecule is CC(C=Cc1c(C)ccc(C)c1C)=CCCC(C)=CC(=O)O. The van der Waals surface area contributed by atoms with Crippen molar-refractivity contribution in [2.75, 3.05) is 0 Å². The standard InChI is InChI=1S/C20H26O2/c1-14(7-6-8-15(2)13-20(21)22)9-12-19-17(4)11-10-16(3)18(19)5/h7,9-13H,6,8H2,1-5H3,(H,21,22). The third-order valence-corrected chi connectivity index (χ3v) is 3.89. The molecule has 0 saturated carbocycles. The molecule has 0 heterocycles. The third-order valence-electron chi connectivity index (χ3n) is 3.89. The van der Waals surface area contributed by atoms with Gasteiger partial charge in [-0.2, -0.15) is 0 Å². The Kier molecular flexibility index (Phi) is 6.84. The first kappa shape index (κ1) is 18.0. The van der Waals surface area contributed by atoms with Crippen LogP contribution in [0.15, 0.2) is 41.5 Å². The number of hydrogen-bond donors (Lipinski definition) is 1. The maximum Gasteiger partial charge on any atom is 0.328 e. The Morgan fingerprint density at radius 2 is 1.77 bits per heavy atom. The summed E-state index contributed by atoms with van der Waals surface area (Å²) in [6.07, 6.45) is 9.36. The van der Waals surface area contributed by atoms with E-state index in [4.69, 9.17) is 5.11 Å². The molecule has 0 aromatic heterocycles. The van der Waals surface area contributed by atoms with E-state index in [9.17, 15) is 4.79 Å². The average Bonchev–Trinajstić information content (AvgIpc) is 2.42. The summed E-state index contributed by atoms with van der Waals surface area (Å²) in [6.45, 7) is 10.3. The maximum absolute atomic E-state index is 10.6. The second-order valence-electron chi connectivity index (χ2n) is 5.89. The molecule has 0 fully saturated rings. The second-order valence-corrected chi connectivity index (χ2v) is 5.89. The van der Waals surface area contributed by atoms with Gasteiger partial charge in [-0.3, -0.25) is 0 Å². The minimum Gasteiger partial charge on any atom is -0.478 e. The fourth-order valence-corrected chi connectivity index (χ4v) is 2.32. The number of allylic oxidation sites excluding steroid dienone is 4. The molecule has 0 saturated heterocycles. The lowest BCUT2D eigenvalue weighted by molar-refractivity contribution is -0.131. The van der Waals surface area contributed by atoms with Gasteiger partial charge in [0.15, 0.2) is 0 Å². The number of carbonyl (C=O) groups is 1. The topological polar surface area (TPSA) is 37.3 Å². The minimum atomic E-state index is -0.872. The Labute approximate surface area is 133 Å². The first-order valence-corrected chi connectivity index (χ1v) is 7.63. The Morgan fingerprint density at radius 3 is 2.41 bits per heavy atom. The van der Waals surface area contributed by atoms with Crippen LogP contribution in [-0.4, -0.2) is 11.1 Å². The molecule has 22 heavy (non-hydrogen) atoms. The zero-order chi connectivity index (χ0) is 16.7. The number of carboxylic acids is 1. The van der Waals surface area contributed by atoms with E-state index in [1.54, 1.807) is 0 Å². The van der Waals surface area contributed by atoms with Gasteiger partial charge in [-0.15, -0.1) is 0 Å². The molecule has 0 aliphatic rings. The minimum absolute atomic E-state index is 0.778. The number of aliphatic carboxylic acids is 1. The predicted octanol–water partition coefficient (Wildman–Crippen LogP) is 5.38. The van der Waals surface area contributed by atoms with E-state index in [-0.39, 0.29) is 0 Å². The number of benzene rings is 1. The molecule has 0 spiro atoms. The maximum atomic E-state index is 10.6. The molecule has 0 amide bonds. The fourth-order valence-electron chi connectivity index (χ4n) is 2.32. The molecular formula is C20H26O2. The molecule has 2 heteroatoms. The van der Waals surface area contributed by atoms with Crippen molar-refractivity contribution >= 4 is 12.0 Å². The van der Waals surface area contributed by atoms with Crippen LogP contribution in [0, 0.1) is 20.8 Å². The van der Waals surface area contributed by atoms with Crippen LogP contribution in [0.5, 0.6) is 0 Å². The lowest BCUT2D eigenvalue weighted by Crippen LogP contribution is -1.90. The predicted molar refractivity (Wildman–Crippen MR) is 94.1 cm³/mol. The Bertz CT molecular complexity index is 631. The van der Waals surface area contributed by atoms with E-state index in [0.29, 0.717) is 0 Å². The number of hydrogen-bond acceptors (Lipinski definition) is 1. The summed E-state index contributed by atoms with van der Waals surface area (Å²) in [4.78, 5) is 10.6. The van der Waals surface area contributed by atoms with Crippen molar-refractivity contribution < 1.29 is 9.90 Å². The molecule has 1 aromatic rings. The second kappa shape index (κ2) is 8.38. The normalized spacial score (nSPS) is 13.0.